The van der Waals surface area contributed by atoms with Crippen LogP contribution in [0.3, 0.4) is 0 Å². The maximum Gasteiger partial charge on any atom is 0.244 e. The van der Waals surface area contributed by atoms with Crippen LogP contribution in [0.1, 0.15) is 39.7 Å². The van der Waals surface area contributed by atoms with Crippen LogP contribution in [0.2, 0.25) is 0 Å². The van der Waals surface area contributed by atoms with Crippen molar-refractivity contribution in [2.75, 3.05) is 5.32 Å². The second kappa shape index (κ2) is 12.8. The molecular formula is C34H32N4O3S. The standard InChI is InChI=1S/C34H32N4O3S/c1-21-8-13-27(23(3)29(21)20-41-30-7-5-6-26-12-9-22(2)37-34(26)30)28-16-17-42-31(28)19-36-33(40)15-11-25-10-14-32(35-18-25)38-24(4)39/h5-18H,19-20H2,1-4H3,(H,36,40)(H,35,38,39). The Hall–Kier alpha value is -4.82. The van der Waals surface area contributed by atoms with Crippen molar-refractivity contribution in [1.82, 2.24) is 15.3 Å². The zero-order valence-electron chi connectivity index (χ0n) is 24.0. The number of aromatic nitrogens is 2. The van der Waals surface area contributed by atoms with E-state index >= 15 is 0 Å². The lowest BCUT2D eigenvalue weighted by atomic mass is 9.94. The number of thiophene rings is 1. The van der Waals surface area contributed by atoms with E-state index in [1.54, 1.807) is 35.7 Å². The maximum atomic E-state index is 12.6. The third-order valence-electron chi connectivity index (χ3n) is 7.00. The van der Waals surface area contributed by atoms with E-state index < -0.39 is 0 Å². The highest BCUT2D eigenvalue weighted by atomic mass is 32.1. The monoisotopic (exact) mass is 576 g/mol. The number of fused-ring (bicyclic) bond motifs is 1. The van der Waals surface area contributed by atoms with Crippen LogP contribution >= 0.6 is 11.3 Å². The Balaban J connectivity index is 1.27. The molecule has 2 amide bonds. The third kappa shape index (κ3) is 6.72. The molecule has 0 atom stereocenters. The number of carbonyl (C=O) groups excluding carboxylic acids is 2. The zero-order chi connectivity index (χ0) is 29.6. The Bertz CT molecular complexity index is 1790. The third-order valence-corrected chi connectivity index (χ3v) is 7.92. The van der Waals surface area contributed by atoms with Crippen LogP contribution < -0.4 is 15.4 Å². The molecule has 0 unspecified atom stereocenters. The lowest BCUT2D eigenvalue weighted by molar-refractivity contribution is -0.116. The topological polar surface area (TPSA) is 93.2 Å². The fourth-order valence-corrected chi connectivity index (χ4v) is 5.59. The van der Waals surface area contributed by atoms with E-state index in [-0.39, 0.29) is 11.8 Å². The molecule has 0 saturated heterocycles. The lowest BCUT2D eigenvalue weighted by Crippen LogP contribution is -2.20. The van der Waals surface area contributed by atoms with Crippen LogP contribution in [-0.2, 0) is 22.7 Å². The molecule has 0 saturated carbocycles. The van der Waals surface area contributed by atoms with Crippen LogP contribution in [0.4, 0.5) is 5.82 Å². The molecule has 0 aliphatic rings. The maximum absolute atomic E-state index is 12.6. The summed E-state index contributed by atoms with van der Waals surface area (Å²) in [6.45, 7) is 8.49. The first-order valence-electron chi connectivity index (χ1n) is 13.6. The van der Waals surface area contributed by atoms with Gasteiger partial charge in [-0.05, 0) is 95.9 Å². The minimum atomic E-state index is -0.200. The summed E-state index contributed by atoms with van der Waals surface area (Å²) < 4.78 is 6.34. The SMILES string of the molecule is CC(=O)Nc1ccc(C=CC(=O)NCc2sccc2-c2ccc(C)c(COc3cccc4ccc(C)nc34)c2C)cn1. The van der Waals surface area contributed by atoms with Gasteiger partial charge in [0.1, 0.15) is 23.7 Å². The Morgan fingerprint density at radius 3 is 2.62 bits per heavy atom. The first-order valence-corrected chi connectivity index (χ1v) is 14.5. The number of rotatable bonds is 9. The average Bonchev–Trinajstić information content (AvgIpc) is 3.44. The van der Waals surface area contributed by atoms with Crippen molar-refractivity contribution < 1.29 is 14.3 Å². The van der Waals surface area contributed by atoms with E-state index in [1.165, 1.54) is 13.0 Å². The summed E-state index contributed by atoms with van der Waals surface area (Å²) in [5, 5.41) is 8.72. The molecule has 2 N–H and O–H groups in total. The quantitative estimate of drug-likeness (QED) is 0.182. The molecule has 3 heterocycles. The second-order valence-corrected chi connectivity index (χ2v) is 11.1. The number of nitrogens with zero attached hydrogens (tertiary/aromatic N) is 2. The molecule has 0 bridgehead atoms. The number of anilines is 1. The van der Waals surface area contributed by atoms with Crippen LogP contribution in [0.15, 0.2) is 78.3 Å². The molecule has 42 heavy (non-hydrogen) atoms. The number of para-hydroxylation sites is 1. The van der Waals surface area contributed by atoms with E-state index in [0.29, 0.717) is 19.0 Å². The Labute approximate surface area is 249 Å². The van der Waals surface area contributed by atoms with Crippen molar-refractivity contribution in [1.29, 1.82) is 0 Å². The van der Waals surface area contributed by atoms with Gasteiger partial charge in [-0.25, -0.2) is 9.97 Å². The number of aryl methyl sites for hydroxylation is 2. The van der Waals surface area contributed by atoms with Crippen LogP contribution in [0.5, 0.6) is 5.75 Å². The van der Waals surface area contributed by atoms with Gasteiger partial charge in [0.05, 0.1) is 6.54 Å². The number of nitrogens with one attached hydrogen (secondary N) is 2. The highest BCUT2D eigenvalue weighted by Gasteiger charge is 2.15. The molecule has 212 valence electrons. The highest BCUT2D eigenvalue weighted by molar-refractivity contribution is 7.10. The van der Waals surface area contributed by atoms with Gasteiger partial charge in [0.25, 0.3) is 0 Å². The minimum Gasteiger partial charge on any atom is -0.487 e. The number of hydrogen-bond donors (Lipinski definition) is 2. The smallest absolute Gasteiger partial charge is 0.244 e. The molecule has 0 radical (unpaired) electrons. The van der Waals surface area contributed by atoms with E-state index in [1.807, 2.05) is 31.2 Å². The van der Waals surface area contributed by atoms with Gasteiger partial charge in [0, 0.05) is 35.2 Å². The molecule has 2 aromatic carbocycles. The molecule has 0 spiro atoms. The fraction of sp³-hybridized carbons (Fsp3) is 0.176. The Morgan fingerprint density at radius 2 is 1.83 bits per heavy atom. The highest BCUT2D eigenvalue weighted by Crippen LogP contribution is 2.34. The van der Waals surface area contributed by atoms with Crippen molar-refractivity contribution in [2.24, 2.45) is 0 Å². The second-order valence-electron chi connectivity index (χ2n) is 10.1. The predicted molar refractivity (Wildman–Crippen MR) is 169 cm³/mol. The number of ether oxygens (including phenoxy) is 1. The van der Waals surface area contributed by atoms with Crippen molar-refractivity contribution >= 4 is 45.9 Å². The summed E-state index contributed by atoms with van der Waals surface area (Å²) in [6, 6.07) is 19.9. The summed E-state index contributed by atoms with van der Waals surface area (Å²) in [4.78, 5) is 33.7. The minimum absolute atomic E-state index is 0.183. The largest absolute Gasteiger partial charge is 0.487 e. The summed E-state index contributed by atoms with van der Waals surface area (Å²) in [5.41, 5.74) is 8.26. The van der Waals surface area contributed by atoms with E-state index in [2.05, 4.69) is 59.1 Å². The number of pyridine rings is 2. The lowest BCUT2D eigenvalue weighted by Gasteiger charge is -2.17. The van der Waals surface area contributed by atoms with Crippen LogP contribution in [0.25, 0.3) is 28.1 Å². The molecule has 3 aromatic heterocycles. The summed E-state index contributed by atoms with van der Waals surface area (Å²) in [5.74, 6) is 0.855. The number of carbonyl (C=O) groups is 2. The van der Waals surface area contributed by atoms with Gasteiger partial charge in [-0.15, -0.1) is 11.3 Å². The first-order chi connectivity index (χ1) is 20.3. The molecule has 0 aliphatic carbocycles. The summed E-state index contributed by atoms with van der Waals surface area (Å²) in [6.07, 6.45) is 4.78. The average molecular weight is 577 g/mol. The van der Waals surface area contributed by atoms with Crippen molar-refractivity contribution in [3.8, 4) is 16.9 Å². The van der Waals surface area contributed by atoms with Gasteiger partial charge in [-0.3, -0.25) is 9.59 Å². The zero-order valence-corrected chi connectivity index (χ0v) is 24.8. The van der Waals surface area contributed by atoms with Gasteiger partial charge in [0.2, 0.25) is 11.8 Å². The van der Waals surface area contributed by atoms with Gasteiger partial charge >= 0.3 is 0 Å². The van der Waals surface area contributed by atoms with Gasteiger partial charge in [-0.1, -0.05) is 30.3 Å². The molecule has 7 nitrogen and oxygen atoms in total. The van der Waals surface area contributed by atoms with E-state index in [4.69, 9.17) is 9.72 Å². The van der Waals surface area contributed by atoms with Crippen molar-refractivity contribution in [2.45, 2.75) is 40.8 Å². The van der Waals surface area contributed by atoms with Crippen molar-refractivity contribution in [3.05, 3.63) is 111 Å². The van der Waals surface area contributed by atoms with Gasteiger partial charge in [-0.2, -0.15) is 0 Å². The van der Waals surface area contributed by atoms with Crippen molar-refractivity contribution in [3.63, 3.8) is 0 Å². The van der Waals surface area contributed by atoms with Crippen LogP contribution in [-0.4, -0.2) is 21.8 Å². The predicted octanol–water partition coefficient (Wildman–Crippen LogP) is 7.15. The molecule has 5 rings (SSSR count). The number of amides is 2. The molecule has 0 fully saturated rings. The molecule has 8 heteroatoms. The Morgan fingerprint density at radius 1 is 0.976 bits per heavy atom. The number of hydrogen-bond acceptors (Lipinski definition) is 6. The van der Waals surface area contributed by atoms with Gasteiger partial charge in [0.15, 0.2) is 0 Å². The fourth-order valence-electron chi connectivity index (χ4n) is 4.76. The van der Waals surface area contributed by atoms with E-state index in [9.17, 15) is 9.59 Å². The summed E-state index contributed by atoms with van der Waals surface area (Å²) >= 11 is 1.62. The van der Waals surface area contributed by atoms with Crippen LogP contribution in [0, 0.1) is 20.8 Å². The molecule has 0 aliphatic heterocycles. The normalized spacial score (nSPS) is 11.1. The van der Waals surface area contributed by atoms with E-state index in [0.717, 1.165) is 60.6 Å². The number of benzene rings is 2. The molecular weight excluding hydrogens is 544 g/mol. The summed E-state index contributed by atoms with van der Waals surface area (Å²) in [7, 11) is 0. The van der Waals surface area contributed by atoms with Gasteiger partial charge < -0.3 is 15.4 Å². The molecule has 5 aromatic rings. The first kappa shape index (κ1) is 28.7. The Kier molecular flexibility index (Phi) is 8.74.